The molecule has 1 aromatic rings. The van der Waals surface area contributed by atoms with Crippen molar-refractivity contribution in [2.45, 2.75) is 89.0 Å². The molecule has 1 aliphatic rings. The first-order chi connectivity index (χ1) is 14.3. The van der Waals surface area contributed by atoms with E-state index in [1.807, 2.05) is 0 Å². The topological polar surface area (TPSA) is 55.8 Å². The highest BCUT2D eigenvalue weighted by molar-refractivity contribution is 5.73. The van der Waals surface area contributed by atoms with Gasteiger partial charge in [-0.05, 0) is 24.1 Å². The molecule has 0 unspecified atom stereocenters. The molecule has 0 aliphatic carbocycles. The monoisotopic (exact) mass is 430 g/mol. The molecular weight excluding hydrogens is 397 g/mol. The van der Waals surface area contributed by atoms with Crippen molar-refractivity contribution in [2.75, 3.05) is 13.2 Å². The van der Waals surface area contributed by atoms with E-state index >= 15 is 0 Å². The number of rotatable bonds is 13. The predicted octanol–water partition coefficient (Wildman–Crippen LogP) is 5.62. The van der Waals surface area contributed by atoms with Gasteiger partial charge in [0.1, 0.15) is 12.2 Å². The molecule has 0 bridgehead atoms. The summed E-state index contributed by atoms with van der Waals surface area (Å²) in [6, 6.07) is 4.66. The third-order valence-corrected chi connectivity index (χ3v) is 5.53. The van der Waals surface area contributed by atoms with Crippen molar-refractivity contribution < 1.29 is 32.5 Å². The highest BCUT2D eigenvalue weighted by atomic mass is 19.4. The van der Waals surface area contributed by atoms with Crippen LogP contribution in [-0.4, -0.2) is 36.5 Å². The first kappa shape index (κ1) is 24.7. The molecule has 1 N–H and O–H groups in total. The van der Waals surface area contributed by atoms with E-state index in [9.17, 15) is 23.1 Å². The number of carbonyl (C=O) groups is 1. The fourth-order valence-corrected chi connectivity index (χ4v) is 3.79. The lowest BCUT2D eigenvalue weighted by Gasteiger charge is -2.23. The standard InChI is InChI=1S/C23H33F3O4/c1-2-3-4-5-6-7-8-9-14-29-16-20(27)22-19(15-21(28)30-22)17-10-12-18(13-11-17)23(24,25)26/h10-13,19-20,22,27H,2-9,14-16H2,1H3/t19-,20+,22+/m0/s1. The molecule has 4 nitrogen and oxygen atoms in total. The summed E-state index contributed by atoms with van der Waals surface area (Å²) < 4.78 is 49.0. The van der Waals surface area contributed by atoms with E-state index in [0.717, 1.165) is 25.0 Å². The number of halogens is 3. The van der Waals surface area contributed by atoms with Gasteiger partial charge >= 0.3 is 12.1 Å². The molecule has 0 spiro atoms. The quantitative estimate of drug-likeness (QED) is 0.326. The van der Waals surface area contributed by atoms with Crippen LogP contribution in [0.4, 0.5) is 13.2 Å². The lowest BCUT2D eigenvalue weighted by atomic mass is 9.89. The molecule has 1 heterocycles. The van der Waals surface area contributed by atoms with E-state index in [0.29, 0.717) is 12.2 Å². The van der Waals surface area contributed by atoms with Gasteiger partial charge in [0.2, 0.25) is 0 Å². The van der Waals surface area contributed by atoms with Gasteiger partial charge in [0.05, 0.1) is 18.6 Å². The molecule has 0 saturated carbocycles. The Balaban J connectivity index is 1.73. The molecule has 1 saturated heterocycles. The van der Waals surface area contributed by atoms with Crippen molar-refractivity contribution in [3.05, 3.63) is 35.4 Å². The molecule has 3 atom stereocenters. The molecule has 0 amide bonds. The van der Waals surface area contributed by atoms with Gasteiger partial charge in [0.15, 0.2) is 0 Å². The third-order valence-electron chi connectivity index (χ3n) is 5.53. The molecule has 2 rings (SSSR count). The first-order valence-corrected chi connectivity index (χ1v) is 11.0. The maximum atomic E-state index is 12.7. The molecule has 7 heteroatoms. The molecule has 170 valence electrons. The Labute approximate surface area is 176 Å². The summed E-state index contributed by atoms with van der Waals surface area (Å²) >= 11 is 0. The van der Waals surface area contributed by atoms with Gasteiger partial charge in [-0.15, -0.1) is 0 Å². The number of esters is 1. The van der Waals surface area contributed by atoms with Crippen LogP contribution < -0.4 is 0 Å². The number of hydrogen-bond acceptors (Lipinski definition) is 4. The summed E-state index contributed by atoms with van der Waals surface area (Å²) in [6.07, 6.45) is 3.28. The Hall–Kier alpha value is -1.60. The number of alkyl halides is 3. The van der Waals surface area contributed by atoms with Crippen LogP contribution in [0.25, 0.3) is 0 Å². The Kier molecular flexibility index (Phi) is 10.1. The lowest BCUT2D eigenvalue weighted by molar-refractivity contribution is -0.147. The van der Waals surface area contributed by atoms with Gasteiger partial charge in [0.25, 0.3) is 0 Å². The van der Waals surface area contributed by atoms with Crippen LogP contribution in [0.1, 0.15) is 81.8 Å². The van der Waals surface area contributed by atoms with Crippen molar-refractivity contribution in [1.29, 1.82) is 0 Å². The number of cyclic esters (lactones) is 1. The second-order valence-corrected chi connectivity index (χ2v) is 8.00. The van der Waals surface area contributed by atoms with Crippen molar-refractivity contribution >= 4 is 5.97 Å². The fraction of sp³-hybridized carbons (Fsp3) is 0.696. The summed E-state index contributed by atoms with van der Waals surface area (Å²) in [7, 11) is 0. The molecule has 1 aromatic carbocycles. The normalized spacial score (nSPS) is 20.4. The maximum Gasteiger partial charge on any atom is 0.416 e. The van der Waals surface area contributed by atoms with E-state index in [2.05, 4.69) is 6.92 Å². The number of unbranched alkanes of at least 4 members (excludes halogenated alkanes) is 7. The molecule has 0 radical (unpaired) electrons. The minimum Gasteiger partial charge on any atom is -0.459 e. The minimum absolute atomic E-state index is 0.0329. The van der Waals surface area contributed by atoms with Crippen LogP contribution in [0.3, 0.4) is 0 Å². The Morgan fingerprint density at radius 3 is 2.27 bits per heavy atom. The highest BCUT2D eigenvalue weighted by Crippen LogP contribution is 2.36. The van der Waals surface area contributed by atoms with E-state index in [-0.39, 0.29) is 13.0 Å². The maximum absolute atomic E-state index is 12.7. The molecule has 1 fully saturated rings. The molecule has 0 aromatic heterocycles. The van der Waals surface area contributed by atoms with Gasteiger partial charge in [-0.2, -0.15) is 13.2 Å². The predicted molar refractivity (Wildman–Crippen MR) is 108 cm³/mol. The summed E-state index contributed by atoms with van der Waals surface area (Å²) in [5.41, 5.74) is -0.205. The summed E-state index contributed by atoms with van der Waals surface area (Å²) in [4.78, 5) is 11.8. The third kappa shape index (κ3) is 7.91. The lowest BCUT2D eigenvalue weighted by Crippen LogP contribution is -2.34. The zero-order chi connectivity index (χ0) is 22.0. The molecule has 30 heavy (non-hydrogen) atoms. The van der Waals surface area contributed by atoms with Crippen molar-refractivity contribution in [2.24, 2.45) is 0 Å². The zero-order valence-corrected chi connectivity index (χ0v) is 17.6. The molecule has 1 aliphatic heterocycles. The summed E-state index contributed by atoms with van der Waals surface area (Å²) in [6.45, 7) is 2.76. The Bertz CT molecular complexity index is 630. The van der Waals surface area contributed by atoms with E-state index in [4.69, 9.17) is 9.47 Å². The van der Waals surface area contributed by atoms with Gasteiger partial charge in [0, 0.05) is 12.5 Å². The number of aliphatic hydroxyl groups excluding tert-OH is 1. The van der Waals surface area contributed by atoms with E-state index in [1.54, 1.807) is 0 Å². The van der Waals surface area contributed by atoms with Crippen LogP contribution in [0, 0.1) is 0 Å². The van der Waals surface area contributed by atoms with Gasteiger partial charge in [-0.25, -0.2) is 0 Å². The Morgan fingerprint density at radius 1 is 1.07 bits per heavy atom. The van der Waals surface area contributed by atoms with Gasteiger partial charge in [-0.3, -0.25) is 4.79 Å². The van der Waals surface area contributed by atoms with Crippen molar-refractivity contribution in [3.63, 3.8) is 0 Å². The van der Waals surface area contributed by atoms with Crippen LogP contribution in [0.15, 0.2) is 24.3 Å². The second-order valence-electron chi connectivity index (χ2n) is 8.00. The average molecular weight is 431 g/mol. The van der Waals surface area contributed by atoms with Gasteiger partial charge in [-0.1, -0.05) is 64.0 Å². The van der Waals surface area contributed by atoms with Crippen LogP contribution in [-0.2, 0) is 20.4 Å². The SMILES string of the molecule is CCCCCCCCCCOC[C@@H](O)[C@@H]1OC(=O)C[C@H]1c1ccc(C(F)(F)F)cc1. The van der Waals surface area contributed by atoms with Crippen LogP contribution in [0.2, 0.25) is 0 Å². The summed E-state index contributed by atoms with van der Waals surface area (Å²) in [5.74, 6) is -0.950. The van der Waals surface area contributed by atoms with Crippen molar-refractivity contribution in [3.8, 4) is 0 Å². The zero-order valence-electron chi connectivity index (χ0n) is 17.6. The molecular formula is C23H33F3O4. The summed E-state index contributed by atoms with van der Waals surface area (Å²) in [5, 5.41) is 10.4. The first-order valence-electron chi connectivity index (χ1n) is 11.0. The Morgan fingerprint density at radius 2 is 1.67 bits per heavy atom. The fourth-order valence-electron chi connectivity index (χ4n) is 3.79. The largest absolute Gasteiger partial charge is 0.459 e. The number of aliphatic hydroxyl groups is 1. The van der Waals surface area contributed by atoms with E-state index in [1.165, 1.54) is 50.7 Å². The van der Waals surface area contributed by atoms with Crippen LogP contribution in [0.5, 0.6) is 0 Å². The highest BCUT2D eigenvalue weighted by Gasteiger charge is 2.41. The number of ether oxygens (including phenoxy) is 2. The smallest absolute Gasteiger partial charge is 0.416 e. The number of hydrogen-bond donors (Lipinski definition) is 1. The second kappa shape index (κ2) is 12.3. The van der Waals surface area contributed by atoms with E-state index < -0.39 is 35.8 Å². The van der Waals surface area contributed by atoms with Gasteiger partial charge < -0.3 is 14.6 Å². The minimum atomic E-state index is -4.41. The number of carbonyl (C=O) groups excluding carboxylic acids is 1. The number of benzene rings is 1. The van der Waals surface area contributed by atoms with Crippen molar-refractivity contribution in [1.82, 2.24) is 0 Å². The average Bonchev–Trinajstić information content (AvgIpc) is 3.10. The van der Waals surface area contributed by atoms with Crippen LogP contribution >= 0.6 is 0 Å².